The van der Waals surface area contributed by atoms with Crippen LogP contribution in [-0.4, -0.2) is 34.5 Å². The molecule has 0 amide bonds. The Morgan fingerprint density at radius 3 is 2.67 bits per heavy atom. The molecule has 0 fully saturated rings. The fourth-order valence-corrected chi connectivity index (χ4v) is 2.59. The summed E-state index contributed by atoms with van der Waals surface area (Å²) in [6.07, 6.45) is 0.802. The van der Waals surface area contributed by atoms with Crippen LogP contribution >= 0.6 is 0 Å². The third kappa shape index (κ3) is 2.80. The number of rotatable bonds is 5. The number of hydrogen-bond donors (Lipinski definition) is 1. The standard InChI is InChI=1S/C11H13NO5S/c13-5-1-4-12-18(14,15)9-2-3-10-11(8-9)17-7-6-16-10/h2-3,5,8,12H,1,4,6-7H2. The third-order valence-electron chi connectivity index (χ3n) is 2.38. The van der Waals surface area contributed by atoms with E-state index in [2.05, 4.69) is 4.72 Å². The molecule has 1 N–H and O–H groups in total. The highest BCUT2D eigenvalue weighted by molar-refractivity contribution is 7.89. The van der Waals surface area contributed by atoms with E-state index in [0.717, 1.165) is 0 Å². The first kappa shape index (κ1) is 12.8. The molecule has 0 saturated heterocycles. The second-order valence-corrected chi connectivity index (χ2v) is 5.43. The smallest absolute Gasteiger partial charge is 0.240 e. The molecule has 1 aliphatic heterocycles. The van der Waals surface area contributed by atoms with Gasteiger partial charge in [0, 0.05) is 19.0 Å². The zero-order chi connectivity index (χ0) is 13.0. The molecular weight excluding hydrogens is 258 g/mol. The van der Waals surface area contributed by atoms with Gasteiger partial charge in [0.15, 0.2) is 11.5 Å². The minimum absolute atomic E-state index is 0.0836. The predicted molar refractivity (Wildman–Crippen MR) is 63.3 cm³/mol. The Hall–Kier alpha value is -1.60. The molecular formula is C11H13NO5S. The van der Waals surface area contributed by atoms with Crippen LogP contribution in [0.4, 0.5) is 0 Å². The van der Waals surface area contributed by atoms with Gasteiger partial charge in [0.2, 0.25) is 10.0 Å². The Morgan fingerprint density at radius 1 is 1.22 bits per heavy atom. The summed E-state index contributed by atoms with van der Waals surface area (Å²) in [6, 6.07) is 4.41. The summed E-state index contributed by atoms with van der Waals surface area (Å²) in [5.74, 6) is 0.951. The van der Waals surface area contributed by atoms with Gasteiger partial charge in [-0.3, -0.25) is 0 Å². The van der Waals surface area contributed by atoms with Crippen molar-refractivity contribution in [1.29, 1.82) is 0 Å². The van der Waals surface area contributed by atoms with Crippen LogP contribution in [0.1, 0.15) is 6.42 Å². The van der Waals surface area contributed by atoms with Gasteiger partial charge in [-0.05, 0) is 12.1 Å². The number of carbonyl (C=O) groups excluding carboxylic acids is 1. The normalized spacial score (nSPS) is 14.2. The van der Waals surface area contributed by atoms with E-state index in [-0.39, 0.29) is 17.9 Å². The summed E-state index contributed by atoms with van der Waals surface area (Å²) in [5, 5.41) is 0. The lowest BCUT2D eigenvalue weighted by Crippen LogP contribution is -2.25. The van der Waals surface area contributed by atoms with Crippen molar-refractivity contribution in [3.63, 3.8) is 0 Å². The van der Waals surface area contributed by atoms with E-state index < -0.39 is 10.0 Å². The molecule has 1 heterocycles. The van der Waals surface area contributed by atoms with Gasteiger partial charge in [0.05, 0.1) is 4.90 Å². The van der Waals surface area contributed by atoms with E-state index in [1.54, 1.807) is 6.07 Å². The Balaban J connectivity index is 2.19. The first-order valence-corrected chi connectivity index (χ1v) is 6.95. The van der Waals surface area contributed by atoms with Gasteiger partial charge in [-0.25, -0.2) is 13.1 Å². The molecule has 6 nitrogen and oxygen atoms in total. The Labute approximate surface area is 105 Å². The molecule has 98 valence electrons. The first-order valence-electron chi connectivity index (χ1n) is 5.46. The number of benzene rings is 1. The van der Waals surface area contributed by atoms with E-state index in [1.807, 2.05) is 0 Å². The van der Waals surface area contributed by atoms with Crippen molar-refractivity contribution in [3.05, 3.63) is 18.2 Å². The van der Waals surface area contributed by atoms with E-state index >= 15 is 0 Å². The van der Waals surface area contributed by atoms with Crippen molar-refractivity contribution >= 4 is 16.3 Å². The highest BCUT2D eigenvalue weighted by atomic mass is 32.2. The van der Waals surface area contributed by atoms with E-state index in [9.17, 15) is 13.2 Å². The molecule has 2 rings (SSSR count). The van der Waals surface area contributed by atoms with Crippen molar-refractivity contribution in [2.24, 2.45) is 0 Å². The Morgan fingerprint density at radius 2 is 1.94 bits per heavy atom. The molecule has 1 aromatic rings. The minimum Gasteiger partial charge on any atom is -0.486 e. The van der Waals surface area contributed by atoms with Crippen molar-refractivity contribution in [1.82, 2.24) is 4.72 Å². The van der Waals surface area contributed by atoms with Crippen LogP contribution in [0, 0.1) is 0 Å². The average molecular weight is 271 g/mol. The van der Waals surface area contributed by atoms with Crippen LogP contribution in [0.25, 0.3) is 0 Å². The maximum atomic E-state index is 11.9. The van der Waals surface area contributed by atoms with Crippen molar-refractivity contribution in [3.8, 4) is 11.5 Å². The van der Waals surface area contributed by atoms with Gasteiger partial charge < -0.3 is 14.3 Å². The number of aldehydes is 1. The molecule has 0 aromatic heterocycles. The van der Waals surface area contributed by atoms with Crippen LogP contribution in [0.2, 0.25) is 0 Å². The fourth-order valence-electron chi connectivity index (χ4n) is 1.53. The van der Waals surface area contributed by atoms with E-state index in [4.69, 9.17) is 9.47 Å². The van der Waals surface area contributed by atoms with Crippen LogP contribution in [0.3, 0.4) is 0 Å². The predicted octanol–water partition coefficient (Wildman–Crippen LogP) is 0.325. The molecule has 1 aliphatic rings. The van der Waals surface area contributed by atoms with Crippen LogP contribution in [-0.2, 0) is 14.8 Å². The van der Waals surface area contributed by atoms with Gasteiger partial charge in [0.25, 0.3) is 0 Å². The topological polar surface area (TPSA) is 81.7 Å². The monoisotopic (exact) mass is 271 g/mol. The lowest BCUT2D eigenvalue weighted by molar-refractivity contribution is -0.107. The summed E-state index contributed by atoms with van der Waals surface area (Å²) in [5.41, 5.74) is 0. The maximum absolute atomic E-state index is 11.9. The second-order valence-electron chi connectivity index (χ2n) is 3.66. The molecule has 7 heteroatoms. The molecule has 1 aromatic carbocycles. The van der Waals surface area contributed by atoms with Gasteiger partial charge >= 0.3 is 0 Å². The van der Waals surface area contributed by atoms with Crippen molar-refractivity contribution < 1.29 is 22.7 Å². The SMILES string of the molecule is O=CCCNS(=O)(=O)c1ccc2c(c1)OCCO2. The zero-order valence-electron chi connectivity index (χ0n) is 9.59. The highest BCUT2D eigenvalue weighted by Crippen LogP contribution is 2.32. The van der Waals surface area contributed by atoms with Crippen LogP contribution in [0.15, 0.2) is 23.1 Å². The summed E-state index contributed by atoms with van der Waals surface area (Å²) >= 11 is 0. The molecule has 0 spiro atoms. The number of carbonyl (C=O) groups is 1. The van der Waals surface area contributed by atoms with Crippen LogP contribution in [0.5, 0.6) is 11.5 Å². The quantitative estimate of drug-likeness (QED) is 0.616. The van der Waals surface area contributed by atoms with E-state index in [0.29, 0.717) is 31.0 Å². The number of ether oxygens (including phenoxy) is 2. The minimum atomic E-state index is -3.61. The van der Waals surface area contributed by atoms with E-state index in [1.165, 1.54) is 12.1 Å². The van der Waals surface area contributed by atoms with Crippen molar-refractivity contribution in [2.45, 2.75) is 11.3 Å². The lowest BCUT2D eigenvalue weighted by atomic mass is 10.3. The molecule has 0 saturated carbocycles. The Kier molecular flexibility index (Phi) is 3.83. The van der Waals surface area contributed by atoms with Gasteiger partial charge in [-0.1, -0.05) is 0 Å². The summed E-state index contributed by atoms with van der Waals surface area (Å²) < 4.78 is 36.7. The Bertz CT molecular complexity index is 540. The molecule has 0 aliphatic carbocycles. The number of fused-ring (bicyclic) bond motifs is 1. The van der Waals surface area contributed by atoms with Gasteiger partial charge in [-0.15, -0.1) is 0 Å². The number of sulfonamides is 1. The third-order valence-corrected chi connectivity index (χ3v) is 3.84. The molecule has 0 radical (unpaired) electrons. The molecule has 18 heavy (non-hydrogen) atoms. The summed E-state index contributed by atoms with van der Waals surface area (Å²) in [6.45, 7) is 0.937. The van der Waals surface area contributed by atoms with Gasteiger partial charge in [0.1, 0.15) is 19.5 Å². The first-order chi connectivity index (χ1) is 8.63. The number of nitrogens with one attached hydrogen (secondary N) is 1. The second kappa shape index (κ2) is 5.36. The maximum Gasteiger partial charge on any atom is 0.240 e. The molecule has 0 atom stereocenters. The zero-order valence-corrected chi connectivity index (χ0v) is 10.4. The average Bonchev–Trinajstić information content (AvgIpc) is 2.38. The summed E-state index contributed by atoms with van der Waals surface area (Å²) in [4.78, 5) is 10.2. The fraction of sp³-hybridized carbons (Fsp3) is 0.364. The van der Waals surface area contributed by atoms with Crippen LogP contribution < -0.4 is 14.2 Å². The highest BCUT2D eigenvalue weighted by Gasteiger charge is 2.18. The number of hydrogen-bond acceptors (Lipinski definition) is 5. The molecule has 0 unspecified atom stereocenters. The lowest BCUT2D eigenvalue weighted by Gasteiger charge is -2.18. The van der Waals surface area contributed by atoms with Crippen molar-refractivity contribution in [2.75, 3.05) is 19.8 Å². The summed E-state index contributed by atoms with van der Waals surface area (Å²) in [7, 11) is -3.61. The van der Waals surface area contributed by atoms with Gasteiger partial charge in [-0.2, -0.15) is 0 Å². The molecule has 0 bridgehead atoms. The largest absolute Gasteiger partial charge is 0.486 e.